The van der Waals surface area contributed by atoms with Gasteiger partial charge in [-0.1, -0.05) is 133 Å². The molecule has 9 aromatic rings. The molecule has 0 spiro atoms. The molecule has 0 N–H and O–H groups in total. The smallest absolute Gasteiger partial charge is 0.0544 e. The van der Waals surface area contributed by atoms with E-state index in [2.05, 4.69) is 204 Å². The van der Waals surface area contributed by atoms with Gasteiger partial charge in [0.1, 0.15) is 0 Å². The van der Waals surface area contributed by atoms with Crippen molar-refractivity contribution in [1.29, 1.82) is 0 Å². The average molecular weight is 651 g/mol. The summed E-state index contributed by atoms with van der Waals surface area (Å²) < 4.78 is 2.43. The Bertz CT molecular complexity index is 2670. The summed E-state index contributed by atoms with van der Waals surface area (Å²) in [5.74, 6) is 0. The van der Waals surface area contributed by atoms with E-state index in [1.807, 2.05) is 0 Å². The number of hydrogen-bond donors (Lipinski definition) is 0. The molecule has 10 rings (SSSR count). The van der Waals surface area contributed by atoms with Crippen LogP contribution >= 0.6 is 0 Å². The molecule has 0 aliphatic heterocycles. The van der Waals surface area contributed by atoms with Gasteiger partial charge in [-0.25, -0.2) is 0 Å². The molecular formula is C49H34N2. The molecule has 0 radical (unpaired) electrons. The quantitative estimate of drug-likeness (QED) is 0.174. The van der Waals surface area contributed by atoms with Gasteiger partial charge >= 0.3 is 0 Å². The molecule has 0 amide bonds. The van der Waals surface area contributed by atoms with Crippen LogP contribution in [-0.4, -0.2) is 4.57 Å². The highest BCUT2D eigenvalue weighted by Crippen LogP contribution is 2.44. The summed E-state index contributed by atoms with van der Waals surface area (Å²) in [7, 11) is 0. The molecule has 0 fully saturated rings. The van der Waals surface area contributed by atoms with Gasteiger partial charge in [-0.3, -0.25) is 0 Å². The van der Waals surface area contributed by atoms with Crippen LogP contribution in [0.4, 0.5) is 17.1 Å². The SMILES string of the molecule is c1ccc(-c2ccc(N(c3ccccc3)c3ccc(-c4ccc(-n5c6ccccc6c6c7c(ccc65)-c5ccccc5C7)cc4)cc3)cc2)cc1. The van der Waals surface area contributed by atoms with E-state index < -0.39 is 0 Å². The number of hydrogen-bond acceptors (Lipinski definition) is 1. The van der Waals surface area contributed by atoms with Gasteiger partial charge < -0.3 is 9.47 Å². The van der Waals surface area contributed by atoms with Gasteiger partial charge in [0, 0.05) is 33.5 Å². The number of aromatic nitrogens is 1. The number of benzene rings is 8. The maximum Gasteiger partial charge on any atom is 0.0544 e. The summed E-state index contributed by atoms with van der Waals surface area (Å²) in [6, 6.07) is 70.3. The molecule has 0 bridgehead atoms. The van der Waals surface area contributed by atoms with Crippen molar-refractivity contribution in [3.8, 4) is 39.1 Å². The molecule has 8 aromatic carbocycles. The standard InChI is InChI=1S/C49H34N2/c1-3-11-34(12-4-1)35-19-25-40(26-20-35)50(39-14-5-2-6-15-39)41-27-21-36(22-28-41)37-23-29-42(30-24-37)51-47-18-10-9-17-45(47)49-46-33-38-13-7-8-16-43(38)44(46)31-32-48(49)51/h1-32H,33H2. The van der Waals surface area contributed by atoms with Crippen LogP contribution in [0.1, 0.15) is 11.1 Å². The predicted molar refractivity (Wildman–Crippen MR) is 215 cm³/mol. The number of anilines is 3. The number of fused-ring (bicyclic) bond motifs is 7. The van der Waals surface area contributed by atoms with E-state index >= 15 is 0 Å². The Kier molecular flexibility index (Phi) is 6.92. The largest absolute Gasteiger partial charge is 0.311 e. The van der Waals surface area contributed by atoms with Crippen molar-refractivity contribution in [3.05, 3.63) is 205 Å². The summed E-state index contributed by atoms with van der Waals surface area (Å²) in [5.41, 5.74) is 17.5. The molecule has 2 nitrogen and oxygen atoms in total. The van der Waals surface area contributed by atoms with Gasteiger partial charge in [0.2, 0.25) is 0 Å². The monoisotopic (exact) mass is 650 g/mol. The van der Waals surface area contributed by atoms with Crippen molar-refractivity contribution in [2.75, 3.05) is 4.90 Å². The lowest BCUT2D eigenvalue weighted by atomic mass is 10.0. The zero-order chi connectivity index (χ0) is 33.7. The van der Waals surface area contributed by atoms with Crippen molar-refractivity contribution in [1.82, 2.24) is 4.57 Å². The Morgan fingerprint density at radius 2 is 0.902 bits per heavy atom. The second-order valence-corrected chi connectivity index (χ2v) is 13.3. The normalized spacial score (nSPS) is 11.8. The van der Waals surface area contributed by atoms with E-state index in [4.69, 9.17) is 0 Å². The van der Waals surface area contributed by atoms with Crippen molar-refractivity contribution < 1.29 is 0 Å². The molecule has 1 aromatic heterocycles. The van der Waals surface area contributed by atoms with Gasteiger partial charge in [0.05, 0.1) is 11.0 Å². The van der Waals surface area contributed by atoms with Crippen LogP contribution in [0, 0.1) is 0 Å². The van der Waals surface area contributed by atoms with E-state index in [1.165, 1.54) is 72.0 Å². The molecule has 0 atom stereocenters. The fourth-order valence-electron chi connectivity index (χ4n) is 8.04. The van der Waals surface area contributed by atoms with Gasteiger partial charge in [0.25, 0.3) is 0 Å². The summed E-state index contributed by atoms with van der Waals surface area (Å²) in [6.45, 7) is 0. The van der Waals surface area contributed by atoms with Crippen LogP contribution in [-0.2, 0) is 6.42 Å². The highest BCUT2D eigenvalue weighted by atomic mass is 15.1. The van der Waals surface area contributed by atoms with Crippen LogP contribution < -0.4 is 4.90 Å². The Hall–Kier alpha value is -6.64. The van der Waals surface area contributed by atoms with E-state index in [0.29, 0.717) is 0 Å². The van der Waals surface area contributed by atoms with Crippen molar-refractivity contribution in [3.63, 3.8) is 0 Å². The van der Waals surface area contributed by atoms with Crippen molar-refractivity contribution in [2.24, 2.45) is 0 Å². The number of rotatable bonds is 6. The molecule has 0 unspecified atom stereocenters. The van der Waals surface area contributed by atoms with Gasteiger partial charge in [-0.15, -0.1) is 0 Å². The third-order valence-corrected chi connectivity index (χ3v) is 10.5. The van der Waals surface area contributed by atoms with Crippen molar-refractivity contribution >= 4 is 38.9 Å². The second-order valence-electron chi connectivity index (χ2n) is 13.3. The molecule has 0 saturated carbocycles. The maximum absolute atomic E-state index is 2.43. The Morgan fingerprint density at radius 3 is 1.59 bits per heavy atom. The lowest BCUT2D eigenvalue weighted by molar-refractivity contribution is 1.18. The first kappa shape index (κ1) is 29.3. The topological polar surface area (TPSA) is 8.17 Å². The highest BCUT2D eigenvalue weighted by Gasteiger charge is 2.24. The first-order valence-electron chi connectivity index (χ1n) is 17.6. The zero-order valence-corrected chi connectivity index (χ0v) is 28.1. The predicted octanol–water partition coefficient (Wildman–Crippen LogP) is 13.2. The molecule has 0 saturated heterocycles. The summed E-state index contributed by atoms with van der Waals surface area (Å²) in [5, 5.41) is 2.69. The third-order valence-electron chi connectivity index (χ3n) is 10.5. The van der Waals surface area contributed by atoms with Gasteiger partial charge in [0.15, 0.2) is 0 Å². The second kappa shape index (κ2) is 12.0. The first-order valence-corrected chi connectivity index (χ1v) is 17.6. The lowest BCUT2D eigenvalue weighted by Gasteiger charge is -2.26. The Morgan fingerprint density at radius 1 is 0.373 bits per heavy atom. The molecule has 1 aliphatic rings. The summed E-state index contributed by atoms with van der Waals surface area (Å²) >= 11 is 0. The molecule has 51 heavy (non-hydrogen) atoms. The zero-order valence-electron chi connectivity index (χ0n) is 28.1. The van der Waals surface area contributed by atoms with Crippen LogP contribution in [0.3, 0.4) is 0 Å². The maximum atomic E-state index is 2.43. The summed E-state index contributed by atoms with van der Waals surface area (Å²) in [4.78, 5) is 2.32. The van der Waals surface area contributed by atoms with E-state index in [0.717, 1.165) is 23.5 Å². The fraction of sp³-hybridized carbons (Fsp3) is 0.0204. The van der Waals surface area contributed by atoms with E-state index in [1.54, 1.807) is 0 Å². The Labute approximate surface area is 298 Å². The lowest BCUT2D eigenvalue weighted by Crippen LogP contribution is -2.09. The van der Waals surface area contributed by atoms with Gasteiger partial charge in [-0.2, -0.15) is 0 Å². The molecule has 1 heterocycles. The molecule has 2 heteroatoms. The molecular weight excluding hydrogens is 617 g/mol. The summed E-state index contributed by atoms with van der Waals surface area (Å²) in [6.07, 6.45) is 0.979. The minimum atomic E-state index is 0.979. The molecule has 1 aliphatic carbocycles. The van der Waals surface area contributed by atoms with Crippen LogP contribution in [0.25, 0.3) is 60.9 Å². The van der Waals surface area contributed by atoms with E-state index in [9.17, 15) is 0 Å². The minimum Gasteiger partial charge on any atom is -0.311 e. The Balaban J connectivity index is 0.989. The van der Waals surface area contributed by atoms with Crippen LogP contribution in [0.15, 0.2) is 194 Å². The van der Waals surface area contributed by atoms with Gasteiger partial charge in [-0.05, 0) is 112 Å². The van der Waals surface area contributed by atoms with Crippen LogP contribution in [0.2, 0.25) is 0 Å². The highest BCUT2D eigenvalue weighted by molar-refractivity contribution is 6.13. The number of nitrogens with zero attached hydrogens (tertiary/aromatic N) is 2. The fourth-order valence-corrected chi connectivity index (χ4v) is 8.04. The minimum absolute atomic E-state index is 0.979. The van der Waals surface area contributed by atoms with Crippen LogP contribution in [0.5, 0.6) is 0 Å². The van der Waals surface area contributed by atoms with E-state index in [-0.39, 0.29) is 0 Å². The molecule has 240 valence electrons. The number of para-hydroxylation sites is 2. The van der Waals surface area contributed by atoms with Crippen molar-refractivity contribution in [2.45, 2.75) is 6.42 Å². The third kappa shape index (κ3) is 4.95. The average Bonchev–Trinajstić information content (AvgIpc) is 3.75. The first-order chi connectivity index (χ1) is 25.3.